The largest absolute Gasteiger partial charge is 0.493 e. The highest BCUT2D eigenvalue weighted by Crippen LogP contribution is 2.41. The van der Waals surface area contributed by atoms with Gasteiger partial charge in [0.15, 0.2) is 11.5 Å². The monoisotopic (exact) mass is 408 g/mol. The van der Waals surface area contributed by atoms with Crippen molar-refractivity contribution in [1.29, 1.82) is 0 Å². The minimum absolute atomic E-state index is 0.552. The van der Waals surface area contributed by atoms with Gasteiger partial charge in [-0.25, -0.2) is 4.98 Å². The Balaban J connectivity index is 1.92. The van der Waals surface area contributed by atoms with Crippen LogP contribution in [-0.2, 0) is 6.54 Å². The summed E-state index contributed by atoms with van der Waals surface area (Å²) in [7, 11) is 4.81. The summed E-state index contributed by atoms with van der Waals surface area (Å²) in [4.78, 5) is 4.89. The average Bonchev–Trinajstić information content (AvgIpc) is 3.11. The van der Waals surface area contributed by atoms with Crippen molar-refractivity contribution < 1.29 is 14.2 Å². The van der Waals surface area contributed by atoms with E-state index in [9.17, 15) is 0 Å². The van der Waals surface area contributed by atoms with Crippen molar-refractivity contribution in [3.63, 3.8) is 0 Å². The molecule has 0 saturated carbocycles. The molecule has 4 aromatic rings. The van der Waals surface area contributed by atoms with E-state index in [1.165, 1.54) is 0 Å². The topological polar surface area (TPSA) is 45.5 Å². The van der Waals surface area contributed by atoms with Gasteiger partial charge in [0, 0.05) is 17.1 Å². The van der Waals surface area contributed by atoms with E-state index in [4.69, 9.17) is 30.8 Å². The lowest BCUT2D eigenvalue weighted by atomic mass is 10.1. The number of benzene rings is 3. The molecule has 0 spiro atoms. The van der Waals surface area contributed by atoms with Crippen LogP contribution in [-0.4, -0.2) is 30.9 Å². The van der Waals surface area contributed by atoms with Crippen LogP contribution in [0.25, 0.3) is 22.4 Å². The molecule has 0 bridgehead atoms. The van der Waals surface area contributed by atoms with E-state index in [0.29, 0.717) is 28.8 Å². The molecule has 0 amide bonds. The highest BCUT2D eigenvalue weighted by atomic mass is 35.5. The number of para-hydroxylation sites is 2. The first kappa shape index (κ1) is 19.2. The molecule has 0 N–H and O–H groups in total. The number of imidazole rings is 1. The number of hydrogen-bond acceptors (Lipinski definition) is 4. The van der Waals surface area contributed by atoms with Crippen molar-refractivity contribution in [3.8, 4) is 28.6 Å². The molecule has 0 aliphatic heterocycles. The summed E-state index contributed by atoms with van der Waals surface area (Å²) < 4.78 is 18.7. The molecule has 148 valence electrons. The summed E-state index contributed by atoms with van der Waals surface area (Å²) in [5.74, 6) is 2.54. The number of ether oxygens (including phenoxy) is 3. The molecule has 0 aliphatic carbocycles. The van der Waals surface area contributed by atoms with E-state index in [-0.39, 0.29) is 0 Å². The van der Waals surface area contributed by atoms with Crippen LogP contribution >= 0.6 is 11.6 Å². The molecule has 5 nitrogen and oxygen atoms in total. The van der Waals surface area contributed by atoms with Gasteiger partial charge in [-0.3, -0.25) is 0 Å². The Morgan fingerprint density at radius 3 is 2.24 bits per heavy atom. The lowest BCUT2D eigenvalue weighted by Gasteiger charge is -2.15. The molecule has 1 heterocycles. The van der Waals surface area contributed by atoms with Gasteiger partial charge in [-0.15, -0.1) is 0 Å². The van der Waals surface area contributed by atoms with Crippen LogP contribution in [0.1, 0.15) is 5.56 Å². The first-order valence-corrected chi connectivity index (χ1v) is 9.52. The Labute approximate surface area is 174 Å². The Kier molecular flexibility index (Phi) is 5.32. The third-order valence-electron chi connectivity index (χ3n) is 4.81. The Morgan fingerprint density at radius 1 is 0.862 bits per heavy atom. The zero-order valence-electron chi connectivity index (χ0n) is 16.5. The standard InChI is InChI=1S/C23H21ClN2O3/c1-27-20-12-16(13-21(28-2)22(20)29-3)23-25-18-9-4-5-10-19(18)26(23)14-15-7-6-8-17(24)11-15/h4-13H,14H2,1-3H3. The number of halogens is 1. The normalized spacial score (nSPS) is 10.9. The van der Waals surface area contributed by atoms with Gasteiger partial charge < -0.3 is 18.8 Å². The van der Waals surface area contributed by atoms with Gasteiger partial charge in [0.05, 0.1) is 32.4 Å². The molecule has 1 aromatic heterocycles. The maximum Gasteiger partial charge on any atom is 0.203 e. The SMILES string of the molecule is COc1cc(-c2nc3ccccc3n2Cc2cccc(Cl)c2)cc(OC)c1OC. The molecule has 0 unspecified atom stereocenters. The number of hydrogen-bond donors (Lipinski definition) is 0. The summed E-state index contributed by atoms with van der Waals surface area (Å²) in [6.45, 7) is 0.632. The number of fused-ring (bicyclic) bond motifs is 1. The molecule has 0 fully saturated rings. The van der Waals surface area contributed by atoms with Gasteiger partial charge in [-0.2, -0.15) is 0 Å². The van der Waals surface area contributed by atoms with Crippen LogP contribution in [0.2, 0.25) is 5.02 Å². The van der Waals surface area contributed by atoms with E-state index in [1.807, 2.05) is 48.5 Å². The van der Waals surface area contributed by atoms with Crippen molar-refractivity contribution in [2.24, 2.45) is 0 Å². The number of methoxy groups -OCH3 is 3. The Bertz CT molecular complexity index is 1140. The molecular weight excluding hydrogens is 388 g/mol. The fraction of sp³-hybridized carbons (Fsp3) is 0.174. The lowest BCUT2D eigenvalue weighted by molar-refractivity contribution is 0.324. The molecule has 0 aliphatic rings. The molecule has 4 rings (SSSR count). The van der Waals surface area contributed by atoms with Crippen molar-refractivity contribution in [3.05, 3.63) is 71.2 Å². The van der Waals surface area contributed by atoms with Gasteiger partial charge in [0.25, 0.3) is 0 Å². The van der Waals surface area contributed by atoms with E-state index in [0.717, 1.165) is 28.0 Å². The van der Waals surface area contributed by atoms with Gasteiger partial charge in [-0.1, -0.05) is 35.9 Å². The summed E-state index contributed by atoms with van der Waals surface area (Å²) in [6, 6.07) is 19.7. The minimum Gasteiger partial charge on any atom is -0.493 e. The van der Waals surface area contributed by atoms with Gasteiger partial charge in [0.1, 0.15) is 5.82 Å². The predicted molar refractivity (Wildman–Crippen MR) is 115 cm³/mol. The van der Waals surface area contributed by atoms with Crippen LogP contribution in [0.5, 0.6) is 17.2 Å². The smallest absolute Gasteiger partial charge is 0.203 e. The summed E-state index contributed by atoms with van der Waals surface area (Å²) >= 11 is 6.20. The third kappa shape index (κ3) is 3.61. The fourth-order valence-electron chi connectivity index (χ4n) is 3.48. The predicted octanol–water partition coefficient (Wildman–Crippen LogP) is 5.43. The van der Waals surface area contributed by atoms with Crippen LogP contribution in [0.15, 0.2) is 60.7 Å². The quantitative estimate of drug-likeness (QED) is 0.426. The third-order valence-corrected chi connectivity index (χ3v) is 5.04. The van der Waals surface area contributed by atoms with Crippen LogP contribution in [0.4, 0.5) is 0 Å². The number of nitrogens with zero attached hydrogens (tertiary/aromatic N) is 2. The number of aromatic nitrogens is 2. The second kappa shape index (κ2) is 8.05. The van der Waals surface area contributed by atoms with Crippen molar-refractivity contribution in [1.82, 2.24) is 9.55 Å². The van der Waals surface area contributed by atoms with E-state index < -0.39 is 0 Å². The van der Waals surface area contributed by atoms with Gasteiger partial charge in [-0.05, 0) is 42.0 Å². The summed E-state index contributed by atoms with van der Waals surface area (Å²) in [5.41, 5.74) is 3.92. The summed E-state index contributed by atoms with van der Waals surface area (Å²) in [6.07, 6.45) is 0. The van der Waals surface area contributed by atoms with Crippen molar-refractivity contribution in [2.45, 2.75) is 6.54 Å². The second-order valence-corrected chi connectivity index (χ2v) is 6.99. The maximum absolute atomic E-state index is 6.20. The molecule has 6 heteroatoms. The number of rotatable bonds is 6. The van der Waals surface area contributed by atoms with Gasteiger partial charge >= 0.3 is 0 Å². The second-order valence-electron chi connectivity index (χ2n) is 6.55. The average molecular weight is 409 g/mol. The van der Waals surface area contributed by atoms with Gasteiger partial charge in [0.2, 0.25) is 5.75 Å². The molecule has 3 aromatic carbocycles. The first-order valence-electron chi connectivity index (χ1n) is 9.14. The Hall–Kier alpha value is -3.18. The zero-order chi connectivity index (χ0) is 20.4. The molecule has 0 saturated heterocycles. The van der Waals surface area contributed by atoms with Crippen LogP contribution in [0, 0.1) is 0 Å². The minimum atomic E-state index is 0.552. The van der Waals surface area contributed by atoms with Crippen molar-refractivity contribution in [2.75, 3.05) is 21.3 Å². The van der Waals surface area contributed by atoms with Crippen molar-refractivity contribution >= 4 is 22.6 Å². The fourth-order valence-corrected chi connectivity index (χ4v) is 3.70. The van der Waals surface area contributed by atoms with E-state index in [1.54, 1.807) is 21.3 Å². The molecule has 0 atom stereocenters. The van der Waals surface area contributed by atoms with E-state index in [2.05, 4.69) is 16.7 Å². The highest BCUT2D eigenvalue weighted by molar-refractivity contribution is 6.30. The summed E-state index contributed by atoms with van der Waals surface area (Å²) in [5, 5.41) is 0.709. The lowest BCUT2D eigenvalue weighted by Crippen LogP contribution is -2.03. The molecular formula is C23H21ClN2O3. The first-order chi connectivity index (χ1) is 14.1. The van der Waals surface area contributed by atoms with Crippen LogP contribution in [0.3, 0.4) is 0 Å². The van der Waals surface area contributed by atoms with E-state index >= 15 is 0 Å². The molecule has 0 radical (unpaired) electrons. The maximum atomic E-state index is 6.20. The Morgan fingerprint density at radius 2 is 1.59 bits per heavy atom. The van der Waals surface area contributed by atoms with Crippen LogP contribution < -0.4 is 14.2 Å². The zero-order valence-corrected chi connectivity index (χ0v) is 17.2. The highest BCUT2D eigenvalue weighted by Gasteiger charge is 2.19. The molecule has 29 heavy (non-hydrogen) atoms.